The molecule has 7 rings (SSSR count). The number of benzene rings is 2. The number of nitrogens with two attached hydrogens (primary N) is 1. The number of fused-ring (bicyclic) bond motifs is 3. The molecular formula is C32H33FN6O3. The first-order valence-electron chi connectivity index (χ1n) is 14.5. The van der Waals surface area contributed by atoms with Gasteiger partial charge in [0.25, 0.3) is 0 Å². The highest BCUT2D eigenvalue weighted by atomic mass is 19.1. The predicted molar refractivity (Wildman–Crippen MR) is 159 cm³/mol. The fraction of sp³-hybridized carbons (Fsp3) is 0.406. The van der Waals surface area contributed by atoms with Gasteiger partial charge in [-0.25, -0.2) is 4.39 Å². The molecule has 0 saturated carbocycles. The van der Waals surface area contributed by atoms with Crippen molar-refractivity contribution in [2.45, 2.75) is 37.3 Å². The largest absolute Gasteiger partial charge is 0.508 e. The lowest BCUT2D eigenvalue weighted by molar-refractivity contribution is 0.108. The van der Waals surface area contributed by atoms with Crippen LogP contribution in [0, 0.1) is 18.2 Å². The maximum atomic E-state index is 16.7. The van der Waals surface area contributed by atoms with Crippen molar-refractivity contribution < 1.29 is 19.0 Å². The molecular weight excluding hydrogens is 535 g/mol. The first-order chi connectivity index (χ1) is 20.5. The van der Waals surface area contributed by atoms with E-state index in [1.807, 2.05) is 11.0 Å². The number of hydrogen-bond acceptors (Lipinski definition) is 9. The van der Waals surface area contributed by atoms with Crippen molar-refractivity contribution in [2.24, 2.45) is 5.73 Å². The molecule has 4 aromatic rings. The normalized spacial score (nSPS) is 20.5. The number of phenolic OH excluding ortho intramolecular Hbond substituents is 1. The Morgan fingerprint density at radius 2 is 2.02 bits per heavy atom. The van der Waals surface area contributed by atoms with Crippen LogP contribution < -0.4 is 15.4 Å². The van der Waals surface area contributed by atoms with Crippen molar-refractivity contribution in [2.75, 3.05) is 50.9 Å². The van der Waals surface area contributed by atoms with E-state index in [1.54, 1.807) is 24.4 Å². The number of aromatic nitrogens is 3. The Morgan fingerprint density at radius 3 is 2.83 bits per heavy atom. The van der Waals surface area contributed by atoms with Gasteiger partial charge in [-0.15, -0.1) is 6.42 Å². The number of rotatable bonds is 5. The number of ether oxygens (including phenoxy) is 2. The number of anilines is 1. The molecule has 0 aliphatic carbocycles. The van der Waals surface area contributed by atoms with Crippen molar-refractivity contribution >= 4 is 27.5 Å². The minimum Gasteiger partial charge on any atom is -0.508 e. The summed E-state index contributed by atoms with van der Waals surface area (Å²) in [6, 6.07) is 8.38. The van der Waals surface area contributed by atoms with E-state index < -0.39 is 5.82 Å². The molecule has 3 N–H and O–H groups in total. The van der Waals surface area contributed by atoms with Gasteiger partial charge >= 0.3 is 6.01 Å². The van der Waals surface area contributed by atoms with E-state index in [2.05, 4.69) is 20.8 Å². The zero-order valence-corrected chi connectivity index (χ0v) is 23.4. The summed E-state index contributed by atoms with van der Waals surface area (Å²) in [6.45, 7) is 4.49. The minimum absolute atomic E-state index is 0.0177. The SMILES string of the molecule is C#Cc1cccc2cc(O)cc(-c3ncc4c(N5CCOCC(N)C5)nc(OCC56CCCN5CCC6)nc4c3F)c12. The molecule has 0 bridgehead atoms. The van der Waals surface area contributed by atoms with E-state index in [-0.39, 0.29) is 34.6 Å². The molecule has 5 heterocycles. The summed E-state index contributed by atoms with van der Waals surface area (Å²) in [5.74, 6) is 2.52. The Bertz CT molecular complexity index is 1710. The quantitative estimate of drug-likeness (QED) is 0.347. The minimum atomic E-state index is -0.642. The van der Waals surface area contributed by atoms with Crippen LogP contribution in [-0.4, -0.2) is 82.5 Å². The second kappa shape index (κ2) is 10.7. The fourth-order valence-corrected chi connectivity index (χ4v) is 6.92. The third-order valence-corrected chi connectivity index (χ3v) is 8.89. The van der Waals surface area contributed by atoms with Crippen molar-refractivity contribution in [3.8, 4) is 35.4 Å². The molecule has 2 aromatic carbocycles. The van der Waals surface area contributed by atoms with Gasteiger partial charge in [-0.05, 0) is 62.4 Å². The molecule has 0 amide bonds. The molecule has 0 spiro atoms. The number of aromatic hydroxyl groups is 1. The molecule has 3 fully saturated rings. The van der Waals surface area contributed by atoms with Gasteiger partial charge in [0.15, 0.2) is 5.82 Å². The molecule has 10 heteroatoms. The Hall–Kier alpha value is -4.04. The maximum Gasteiger partial charge on any atom is 0.319 e. The number of pyridine rings is 1. The van der Waals surface area contributed by atoms with Crippen LogP contribution in [0.2, 0.25) is 0 Å². The standard InChI is InChI=1S/C32H33FN6O3/c1-2-20-6-3-7-21-14-23(40)15-24(26(20)21)28-27(33)29-25(16-35-28)30(38-12-13-41-18-22(34)17-38)37-31(36-29)42-19-32-8-4-10-39(32)11-5-9-32/h1,3,6-7,14-16,22,40H,4-5,8-13,17-19,34H2. The van der Waals surface area contributed by atoms with E-state index >= 15 is 4.39 Å². The Morgan fingerprint density at radius 1 is 1.19 bits per heavy atom. The Kier molecular flexibility index (Phi) is 6.81. The monoisotopic (exact) mass is 568 g/mol. The van der Waals surface area contributed by atoms with Gasteiger partial charge in [0.05, 0.1) is 24.1 Å². The van der Waals surface area contributed by atoms with Crippen molar-refractivity contribution in [3.05, 3.63) is 47.9 Å². The number of nitrogens with zero attached hydrogens (tertiary/aromatic N) is 5. The lowest BCUT2D eigenvalue weighted by Crippen LogP contribution is -2.43. The van der Waals surface area contributed by atoms with Crippen LogP contribution in [0.3, 0.4) is 0 Å². The highest BCUT2D eigenvalue weighted by Crippen LogP contribution is 2.40. The van der Waals surface area contributed by atoms with Crippen LogP contribution in [0.4, 0.5) is 10.2 Å². The molecule has 1 unspecified atom stereocenters. The number of phenols is 1. The third kappa shape index (κ3) is 4.58. The Balaban J connectivity index is 1.38. The van der Waals surface area contributed by atoms with Crippen LogP contribution in [0.5, 0.6) is 11.8 Å². The molecule has 3 aliphatic rings. The smallest absolute Gasteiger partial charge is 0.319 e. The van der Waals surface area contributed by atoms with E-state index in [1.165, 1.54) is 6.07 Å². The molecule has 1 atom stereocenters. The molecule has 0 radical (unpaired) electrons. The summed E-state index contributed by atoms with van der Waals surface area (Å²) in [4.78, 5) is 18.5. The highest BCUT2D eigenvalue weighted by Gasteiger charge is 2.45. The first kappa shape index (κ1) is 26.8. The third-order valence-electron chi connectivity index (χ3n) is 8.89. The van der Waals surface area contributed by atoms with Gasteiger partial charge in [-0.3, -0.25) is 9.88 Å². The zero-order chi connectivity index (χ0) is 28.8. The molecule has 216 valence electrons. The topological polar surface area (TPSA) is 110 Å². The highest BCUT2D eigenvalue weighted by molar-refractivity contribution is 6.02. The number of hydrogen-bond donors (Lipinski definition) is 2. The lowest BCUT2D eigenvalue weighted by atomic mass is 9.95. The summed E-state index contributed by atoms with van der Waals surface area (Å²) in [5.41, 5.74) is 7.35. The van der Waals surface area contributed by atoms with Crippen LogP contribution >= 0.6 is 0 Å². The van der Waals surface area contributed by atoms with Crippen LogP contribution in [0.15, 0.2) is 36.5 Å². The van der Waals surface area contributed by atoms with Crippen molar-refractivity contribution in [1.29, 1.82) is 0 Å². The second-order valence-corrected chi connectivity index (χ2v) is 11.5. The van der Waals surface area contributed by atoms with Gasteiger partial charge in [0, 0.05) is 41.8 Å². The van der Waals surface area contributed by atoms with Gasteiger partial charge in [-0.2, -0.15) is 9.97 Å². The van der Waals surface area contributed by atoms with Crippen molar-refractivity contribution in [3.63, 3.8) is 0 Å². The Labute approximate surface area is 243 Å². The molecule has 42 heavy (non-hydrogen) atoms. The van der Waals surface area contributed by atoms with E-state index in [0.29, 0.717) is 66.0 Å². The molecule has 2 aromatic heterocycles. The van der Waals surface area contributed by atoms with Gasteiger partial charge in [0.2, 0.25) is 0 Å². The van der Waals surface area contributed by atoms with Crippen molar-refractivity contribution in [1.82, 2.24) is 19.9 Å². The van der Waals surface area contributed by atoms with Crippen LogP contribution in [-0.2, 0) is 4.74 Å². The van der Waals surface area contributed by atoms with E-state index in [9.17, 15) is 5.11 Å². The van der Waals surface area contributed by atoms with Crippen LogP contribution in [0.25, 0.3) is 32.9 Å². The maximum absolute atomic E-state index is 16.7. The average molecular weight is 569 g/mol. The fourth-order valence-electron chi connectivity index (χ4n) is 6.92. The van der Waals surface area contributed by atoms with E-state index in [4.69, 9.17) is 26.6 Å². The molecule has 9 nitrogen and oxygen atoms in total. The number of terminal acetylenes is 1. The second-order valence-electron chi connectivity index (χ2n) is 11.5. The summed E-state index contributed by atoms with van der Waals surface area (Å²) in [5, 5.41) is 12.3. The summed E-state index contributed by atoms with van der Waals surface area (Å²) < 4.78 is 28.6. The van der Waals surface area contributed by atoms with Gasteiger partial charge < -0.3 is 25.2 Å². The summed E-state index contributed by atoms with van der Waals surface area (Å²) in [6.07, 6.45) is 11.8. The molecule has 3 saturated heterocycles. The van der Waals surface area contributed by atoms with E-state index in [0.717, 1.165) is 38.8 Å². The summed E-state index contributed by atoms with van der Waals surface area (Å²) in [7, 11) is 0. The predicted octanol–water partition coefficient (Wildman–Crippen LogP) is 3.84. The van der Waals surface area contributed by atoms with Gasteiger partial charge in [0.1, 0.15) is 29.4 Å². The molecule has 3 aliphatic heterocycles. The number of halogens is 1. The zero-order valence-electron chi connectivity index (χ0n) is 23.4. The lowest BCUT2D eigenvalue weighted by Gasteiger charge is -2.31. The van der Waals surface area contributed by atoms with Crippen LogP contribution in [0.1, 0.15) is 31.2 Å². The average Bonchev–Trinajstić information content (AvgIpc) is 3.50. The first-order valence-corrected chi connectivity index (χ1v) is 14.5. The summed E-state index contributed by atoms with van der Waals surface area (Å²) >= 11 is 0. The van der Waals surface area contributed by atoms with Gasteiger partial charge in [-0.1, -0.05) is 18.1 Å².